The molecule has 2 aromatic rings. The fourth-order valence-electron chi connectivity index (χ4n) is 4.49. The summed E-state index contributed by atoms with van der Waals surface area (Å²) >= 11 is 0. The summed E-state index contributed by atoms with van der Waals surface area (Å²) in [6.07, 6.45) is 2.13. The number of amides is 3. The van der Waals surface area contributed by atoms with Crippen molar-refractivity contribution in [2.75, 3.05) is 12.4 Å². The topological polar surface area (TPSA) is 117 Å². The van der Waals surface area contributed by atoms with Crippen LogP contribution in [0.2, 0.25) is 0 Å². The number of anilines is 1. The van der Waals surface area contributed by atoms with Crippen LogP contribution >= 0.6 is 0 Å². The molecule has 0 bridgehead atoms. The Hall–Kier alpha value is -3.75. The lowest BCUT2D eigenvalue weighted by molar-refractivity contribution is -0.146. The SMILES string of the molecule is COc1ccc(NC(=O)C(c2ccc(O)cc2)N(C(=O)C(CC(C)C)NC(=O)OC(C)(C)C)C2CCC2)cc1. The number of methoxy groups -OCH3 is 1. The summed E-state index contributed by atoms with van der Waals surface area (Å²) in [5.41, 5.74) is 0.381. The molecule has 2 unspecified atom stereocenters. The van der Waals surface area contributed by atoms with E-state index in [0.29, 0.717) is 23.4 Å². The molecule has 1 aliphatic carbocycles. The molecule has 3 N–H and O–H groups in total. The second-order valence-electron chi connectivity index (χ2n) is 11.4. The van der Waals surface area contributed by atoms with Crippen LogP contribution in [0.25, 0.3) is 0 Å². The van der Waals surface area contributed by atoms with Gasteiger partial charge in [-0.2, -0.15) is 0 Å². The lowest BCUT2D eigenvalue weighted by Gasteiger charge is -2.43. The van der Waals surface area contributed by atoms with Crippen LogP contribution in [0.5, 0.6) is 11.5 Å². The maximum absolute atomic E-state index is 14.2. The zero-order chi connectivity index (χ0) is 28.7. The van der Waals surface area contributed by atoms with Crippen LogP contribution in [0.4, 0.5) is 10.5 Å². The Morgan fingerprint density at radius 2 is 1.64 bits per heavy atom. The first-order chi connectivity index (χ1) is 18.4. The van der Waals surface area contributed by atoms with Crippen LogP contribution < -0.4 is 15.4 Å². The average molecular weight is 540 g/mol. The van der Waals surface area contributed by atoms with Gasteiger partial charge in [-0.1, -0.05) is 26.0 Å². The average Bonchev–Trinajstić information content (AvgIpc) is 2.81. The minimum atomic E-state index is -0.986. The fourth-order valence-corrected chi connectivity index (χ4v) is 4.49. The number of nitrogens with one attached hydrogen (secondary N) is 2. The number of ether oxygens (including phenoxy) is 2. The monoisotopic (exact) mass is 539 g/mol. The van der Waals surface area contributed by atoms with Crippen LogP contribution in [-0.4, -0.2) is 52.7 Å². The molecule has 1 saturated carbocycles. The number of phenolic OH excluding ortho intramolecular Hbond substituents is 1. The summed E-state index contributed by atoms with van der Waals surface area (Å²) in [5, 5.41) is 15.6. The summed E-state index contributed by atoms with van der Waals surface area (Å²) in [6, 6.07) is 11.2. The van der Waals surface area contributed by atoms with Gasteiger partial charge in [0.1, 0.15) is 29.2 Å². The number of benzene rings is 2. The second-order valence-corrected chi connectivity index (χ2v) is 11.4. The number of hydrogen-bond acceptors (Lipinski definition) is 6. The third kappa shape index (κ3) is 8.37. The van der Waals surface area contributed by atoms with E-state index in [9.17, 15) is 19.5 Å². The number of carbonyl (C=O) groups excluding carboxylic acids is 3. The van der Waals surface area contributed by atoms with Crippen molar-refractivity contribution in [1.82, 2.24) is 10.2 Å². The normalized spacial score (nSPS) is 15.1. The summed E-state index contributed by atoms with van der Waals surface area (Å²) in [5.74, 6) is 0.0595. The van der Waals surface area contributed by atoms with Crippen molar-refractivity contribution < 1.29 is 29.0 Å². The standard InChI is InChI=1S/C30H41N3O6/c1-19(2)18-25(32-29(37)39-30(3,4)5)28(36)33(22-8-7-9-22)26(20-10-14-23(34)15-11-20)27(35)31-21-12-16-24(38-6)17-13-21/h10-17,19,22,25-26,34H,7-9,18H2,1-6H3,(H,31,35)(H,32,37). The zero-order valence-electron chi connectivity index (χ0n) is 23.7. The molecule has 0 spiro atoms. The van der Waals surface area contributed by atoms with E-state index in [4.69, 9.17) is 9.47 Å². The Labute approximate surface area is 230 Å². The minimum absolute atomic E-state index is 0.0545. The van der Waals surface area contributed by atoms with Crippen molar-refractivity contribution in [3.8, 4) is 11.5 Å². The first-order valence-corrected chi connectivity index (χ1v) is 13.4. The van der Waals surface area contributed by atoms with Gasteiger partial charge in [-0.05, 0) is 94.3 Å². The smallest absolute Gasteiger partial charge is 0.408 e. The van der Waals surface area contributed by atoms with E-state index in [0.717, 1.165) is 19.3 Å². The molecule has 0 aromatic heterocycles. The van der Waals surface area contributed by atoms with Gasteiger partial charge in [-0.25, -0.2) is 4.79 Å². The maximum atomic E-state index is 14.2. The highest BCUT2D eigenvalue weighted by molar-refractivity contribution is 5.99. The summed E-state index contributed by atoms with van der Waals surface area (Å²) < 4.78 is 10.7. The molecular formula is C30H41N3O6. The van der Waals surface area contributed by atoms with Gasteiger partial charge in [-0.3, -0.25) is 9.59 Å². The maximum Gasteiger partial charge on any atom is 0.408 e. The molecule has 212 valence electrons. The van der Waals surface area contributed by atoms with E-state index in [1.807, 2.05) is 13.8 Å². The Morgan fingerprint density at radius 3 is 2.13 bits per heavy atom. The number of aromatic hydroxyl groups is 1. The molecule has 39 heavy (non-hydrogen) atoms. The Bertz CT molecular complexity index is 1120. The van der Waals surface area contributed by atoms with Gasteiger partial charge in [0.05, 0.1) is 7.11 Å². The molecule has 1 aliphatic rings. The summed E-state index contributed by atoms with van der Waals surface area (Å²) in [7, 11) is 1.56. The van der Waals surface area contributed by atoms with Gasteiger partial charge in [0.15, 0.2) is 0 Å². The third-order valence-corrected chi connectivity index (χ3v) is 6.51. The van der Waals surface area contributed by atoms with E-state index in [-0.39, 0.29) is 23.6 Å². The quantitative estimate of drug-likeness (QED) is 0.372. The number of rotatable bonds is 10. The van der Waals surface area contributed by atoms with E-state index >= 15 is 0 Å². The molecule has 1 fully saturated rings. The molecule has 0 saturated heterocycles. The van der Waals surface area contributed by atoms with Gasteiger partial charge in [0.2, 0.25) is 5.91 Å². The van der Waals surface area contributed by atoms with Crippen LogP contribution in [0, 0.1) is 5.92 Å². The van der Waals surface area contributed by atoms with Crippen molar-refractivity contribution in [3.63, 3.8) is 0 Å². The van der Waals surface area contributed by atoms with E-state index in [2.05, 4.69) is 10.6 Å². The number of phenols is 1. The van der Waals surface area contributed by atoms with Crippen LogP contribution in [0.3, 0.4) is 0 Å². The van der Waals surface area contributed by atoms with Crippen LogP contribution in [0.1, 0.15) is 71.9 Å². The Morgan fingerprint density at radius 1 is 1.03 bits per heavy atom. The number of alkyl carbamates (subject to hydrolysis) is 1. The predicted molar refractivity (Wildman–Crippen MR) is 150 cm³/mol. The molecule has 2 atom stereocenters. The summed E-state index contributed by atoms with van der Waals surface area (Å²) in [4.78, 5) is 42.5. The van der Waals surface area contributed by atoms with E-state index < -0.39 is 29.7 Å². The minimum Gasteiger partial charge on any atom is -0.508 e. The Kier molecular flexibility index (Phi) is 9.83. The van der Waals surface area contributed by atoms with Crippen molar-refractivity contribution >= 4 is 23.6 Å². The fraction of sp³-hybridized carbons (Fsp3) is 0.500. The van der Waals surface area contributed by atoms with Crippen molar-refractivity contribution in [3.05, 3.63) is 54.1 Å². The van der Waals surface area contributed by atoms with Gasteiger partial charge >= 0.3 is 6.09 Å². The van der Waals surface area contributed by atoms with E-state index in [1.165, 1.54) is 12.1 Å². The molecular weight excluding hydrogens is 498 g/mol. The van der Waals surface area contributed by atoms with E-state index in [1.54, 1.807) is 69.2 Å². The van der Waals surface area contributed by atoms with Crippen molar-refractivity contribution in [2.24, 2.45) is 5.92 Å². The lowest BCUT2D eigenvalue weighted by Crippen LogP contribution is -2.57. The molecule has 0 heterocycles. The highest BCUT2D eigenvalue weighted by Gasteiger charge is 2.42. The highest BCUT2D eigenvalue weighted by atomic mass is 16.6. The number of hydrogen-bond donors (Lipinski definition) is 3. The largest absolute Gasteiger partial charge is 0.508 e. The molecule has 0 radical (unpaired) electrons. The molecule has 3 amide bonds. The van der Waals surface area contributed by atoms with Crippen LogP contribution in [0.15, 0.2) is 48.5 Å². The predicted octanol–water partition coefficient (Wildman–Crippen LogP) is 5.40. The molecule has 3 rings (SSSR count). The molecule has 9 nitrogen and oxygen atoms in total. The number of carbonyl (C=O) groups is 3. The lowest BCUT2D eigenvalue weighted by atomic mass is 9.87. The first-order valence-electron chi connectivity index (χ1n) is 13.4. The Balaban J connectivity index is 1.99. The van der Waals surface area contributed by atoms with Crippen LogP contribution in [-0.2, 0) is 14.3 Å². The first kappa shape index (κ1) is 29.8. The van der Waals surface area contributed by atoms with Crippen molar-refractivity contribution in [2.45, 2.75) is 84.0 Å². The second kappa shape index (κ2) is 12.9. The third-order valence-electron chi connectivity index (χ3n) is 6.51. The highest BCUT2D eigenvalue weighted by Crippen LogP contribution is 2.35. The van der Waals surface area contributed by atoms with Gasteiger partial charge in [0.25, 0.3) is 5.91 Å². The van der Waals surface area contributed by atoms with Gasteiger partial charge < -0.3 is 30.1 Å². The number of nitrogens with zero attached hydrogens (tertiary/aromatic N) is 1. The van der Waals surface area contributed by atoms with Crippen molar-refractivity contribution in [1.29, 1.82) is 0 Å². The zero-order valence-corrected chi connectivity index (χ0v) is 23.7. The van der Waals surface area contributed by atoms with Gasteiger partial charge in [-0.15, -0.1) is 0 Å². The molecule has 2 aromatic carbocycles. The summed E-state index contributed by atoms with van der Waals surface area (Å²) in [6.45, 7) is 9.22. The molecule has 0 aliphatic heterocycles. The molecule has 9 heteroatoms. The van der Waals surface area contributed by atoms with Gasteiger partial charge in [0, 0.05) is 11.7 Å².